The van der Waals surface area contributed by atoms with Crippen LogP contribution in [0.25, 0.3) is 0 Å². The fraction of sp³-hybridized carbons (Fsp3) is 0.400. The summed E-state index contributed by atoms with van der Waals surface area (Å²) in [6.45, 7) is 5.48. The van der Waals surface area contributed by atoms with Crippen LogP contribution in [-0.2, 0) is 19.5 Å². The topological polar surface area (TPSA) is 77.9 Å². The highest BCUT2D eigenvalue weighted by Crippen LogP contribution is 2.21. The molecule has 2 aliphatic heterocycles. The molecule has 1 aromatic heterocycles. The maximum atomic E-state index is 12.6. The maximum Gasteiger partial charge on any atom is 0.251 e. The Hall–Kier alpha value is -3.26. The molecule has 5 rings (SSSR count). The lowest BCUT2D eigenvalue weighted by Crippen LogP contribution is -2.42. The number of ether oxygens (including phenoxy) is 1. The zero-order valence-corrected chi connectivity index (χ0v) is 21.3. The van der Waals surface area contributed by atoms with Crippen molar-refractivity contribution in [2.45, 2.75) is 44.6 Å². The summed E-state index contributed by atoms with van der Waals surface area (Å²) < 4.78 is 6.18. The number of carbonyl (C=O) groups is 1. The van der Waals surface area contributed by atoms with Crippen molar-refractivity contribution in [3.63, 3.8) is 0 Å². The smallest absolute Gasteiger partial charge is 0.251 e. The van der Waals surface area contributed by atoms with E-state index in [9.17, 15) is 9.90 Å². The predicted molar refractivity (Wildman–Crippen MR) is 143 cm³/mol. The second kappa shape index (κ2) is 12.3. The van der Waals surface area contributed by atoms with Gasteiger partial charge in [0.15, 0.2) is 0 Å². The molecule has 7 nitrogen and oxygen atoms in total. The van der Waals surface area contributed by atoms with Crippen LogP contribution >= 0.6 is 0 Å². The van der Waals surface area contributed by atoms with Gasteiger partial charge >= 0.3 is 0 Å². The molecule has 0 radical (unpaired) electrons. The lowest BCUT2D eigenvalue weighted by molar-refractivity contribution is 0.0841. The van der Waals surface area contributed by atoms with E-state index in [4.69, 9.17) is 4.74 Å². The number of nitrogens with zero attached hydrogens (tertiary/aromatic N) is 3. The summed E-state index contributed by atoms with van der Waals surface area (Å²) in [6.07, 6.45) is 6.21. The van der Waals surface area contributed by atoms with Gasteiger partial charge in [-0.3, -0.25) is 19.6 Å². The zero-order valence-electron chi connectivity index (χ0n) is 21.3. The van der Waals surface area contributed by atoms with E-state index in [2.05, 4.69) is 56.5 Å². The van der Waals surface area contributed by atoms with E-state index < -0.39 is 6.10 Å². The van der Waals surface area contributed by atoms with E-state index >= 15 is 0 Å². The first-order valence-electron chi connectivity index (χ1n) is 13.3. The first-order chi connectivity index (χ1) is 18.1. The van der Waals surface area contributed by atoms with E-state index in [1.165, 1.54) is 16.7 Å². The number of piperidine rings is 1. The van der Waals surface area contributed by atoms with E-state index in [-0.39, 0.29) is 18.6 Å². The Balaban J connectivity index is 1.02. The van der Waals surface area contributed by atoms with Crippen molar-refractivity contribution < 1.29 is 14.6 Å². The minimum atomic E-state index is -0.610. The molecule has 7 heteroatoms. The number of fused-ring (bicyclic) bond motifs is 1. The van der Waals surface area contributed by atoms with Gasteiger partial charge in [0.25, 0.3) is 5.91 Å². The summed E-state index contributed by atoms with van der Waals surface area (Å²) in [5.74, 6) is 0.605. The summed E-state index contributed by atoms with van der Waals surface area (Å²) >= 11 is 0. The van der Waals surface area contributed by atoms with Gasteiger partial charge in [-0.05, 0) is 72.4 Å². The van der Waals surface area contributed by atoms with E-state index in [0.29, 0.717) is 12.1 Å². The third-order valence-electron chi connectivity index (χ3n) is 7.29. The van der Waals surface area contributed by atoms with Crippen molar-refractivity contribution in [3.8, 4) is 5.75 Å². The molecule has 194 valence electrons. The molecule has 2 aliphatic rings. The van der Waals surface area contributed by atoms with E-state index in [1.54, 1.807) is 12.1 Å². The molecule has 3 heterocycles. The molecule has 1 atom stereocenters. The van der Waals surface area contributed by atoms with Crippen LogP contribution in [0.5, 0.6) is 5.75 Å². The monoisotopic (exact) mass is 500 g/mol. The van der Waals surface area contributed by atoms with Crippen molar-refractivity contribution in [3.05, 3.63) is 95.3 Å². The summed E-state index contributed by atoms with van der Waals surface area (Å²) in [6, 6.07) is 19.9. The second-order valence-corrected chi connectivity index (χ2v) is 10.1. The van der Waals surface area contributed by atoms with Crippen LogP contribution in [-0.4, -0.2) is 70.7 Å². The van der Waals surface area contributed by atoms with Gasteiger partial charge in [0, 0.05) is 63.8 Å². The van der Waals surface area contributed by atoms with E-state index in [1.807, 2.05) is 24.5 Å². The number of aliphatic hydroxyl groups is 1. The van der Waals surface area contributed by atoms with Gasteiger partial charge in [-0.25, -0.2) is 0 Å². The van der Waals surface area contributed by atoms with Gasteiger partial charge in [0.2, 0.25) is 0 Å². The molecule has 1 saturated heterocycles. The first-order valence-corrected chi connectivity index (χ1v) is 13.3. The number of hydrogen-bond donors (Lipinski definition) is 2. The minimum Gasteiger partial charge on any atom is -0.490 e. The van der Waals surface area contributed by atoms with Crippen molar-refractivity contribution in [2.24, 2.45) is 0 Å². The molecule has 3 aromatic rings. The average molecular weight is 501 g/mol. The molecule has 37 heavy (non-hydrogen) atoms. The standard InChI is InChI=1S/C30H36N4O3/c35-27(22-34-16-11-24-3-1-2-4-26(24)21-34)19-32-30(36)25-5-7-28(8-6-25)37-29-12-17-33(18-13-29)20-23-9-14-31-15-10-23/h1-10,14-15,27,29,35H,11-13,16-22H2,(H,32,36). The van der Waals surface area contributed by atoms with E-state index in [0.717, 1.165) is 57.7 Å². The number of nitrogens with one attached hydrogen (secondary N) is 1. The molecule has 0 spiro atoms. The number of amides is 1. The van der Waals surface area contributed by atoms with Gasteiger partial charge in [-0.2, -0.15) is 0 Å². The number of aliphatic hydroxyl groups excluding tert-OH is 1. The molecule has 2 aromatic carbocycles. The highest BCUT2D eigenvalue weighted by atomic mass is 16.5. The average Bonchev–Trinajstić information content (AvgIpc) is 2.94. The number of hydrogen-bond acceptors (Lipinski definition) is 6. The highest BCUT2D eigenvalue weighted by Gasteiger charge is 2.21. The summed E-state index contributed by atoms with van der Waals surface area (Å²) in [7, 11) is 0. The highest BCUT2D eigenvalue weighted by molar-refractivity contribution is 5.94. The third-order valence-corrected chi connectivity index (χ3v) is 7.29. The van der Waals surface area contributed by atoms with Gasteiger partial charge in [0.1, 0.15) is 11.9 Å². The largest absolute Gasteiger partial charge is 0.490 e. The Morgan fingerprint density at radius 3 is 2.46 bits per heavy atom. The second-order valence-electron chi connectivity index (χ2n) is 10.1. The molecular weight excluding hydrogens is 464 g/mol. The molecule has 1 unspecified atom stereocenters. The molecular formula is C30H36N4O3. The number of pyridine rings is 1. The summed E-state index contributed by atoms with van der Waals surface area (Å²) in [4.78, 5) is 21.4. The summed E-state index contributed by atoms with van der Waals surface area (Å²) in [5.41, 5.74) is 4.56. The number of aromatic nitrogens is 1. The molecule has 0 aliphatic carbocycles. The Morgan fingerprint density at radius 1 is 0.973 bits per heavy atom. The third kappa shape index (κ3) is 7.16. The van der Waals surface area contributed by atoms with Gasteiger partial charge in [0.05, 0.1) is 6.10 Å². The maximum absolute atomic E-state index is 12.6. The number of carbonyl (C=O) groups excluding carboxylic acids is 1. The van der Waals surface area contributed by atoms with Crippen LogP contribution in [0.3, 0.4) is 0 Å². The Kier molecular flexibility index (Phi) is 8.46. The normalized spacial score (nSPS) is 17.6. The SMILES string of the molecule is O=C(NCC(O)CN1CCc2ccccc2C1)c1ccc(OC2CCN(Cc3ccncc3)CC2)cc1. The van der Waals surface area contributed by atoms with Gasteiger partial charge < -0.3 is 15.2 Å². The molecule has 1 fully saturated rings. The molecule has 0 bridgehead atoms. The lowest BCUT2D eigenvalue weighted by Gasteiger charge is -2.32. The number of β-amino-alcohol motifs (C(OH)–C–C–N with tert-alkyl or cyclic N) is 1. The van der Waals surface area contributed by atoms with Crippen LogP contribution in [0.4, 0.5) is 0 Å². The Bertz CT molecular complexity index is 1150. The number of benzene rings is 2. The zero-order chi connectivity index (χ0) is 25.5. The van der Waals surface area contributed by atoms with Gasteiger partial charge in [-0.1, -0.05) is 24.3 Å². The van der Waals surface area contributed by atoms with Crippen LogP contribution in [0.1, 0.15) is 39.9 Å². The summed E-state index contributed by atoms with van der Waals surface area (Å²) in [5, 5.41) is 13.4. The van der Waals surface area contributed by atoms with Crippen molar-refractivity contribution in [1.82, 2.24) is 20.1 Å². The number of rotatable bonds is 9. The predicted octanol–water partition coefficient (Wildman–Crippen LogP) is 3.27. The molecule has 0 saturated carbocycles. The molecule has 1 amide bonds. The minimum absolute atomic E-state index is 0.181. The molecule has 2 N–H and O–H groups in total. The van der Waals surface area contributed by atoms with Crippen molar-refractivity contribution >= 4 is 5.91 Å². The number of likely N-dealkylation sites (tertiary alicyclic amines) is 1. The van der Waals surface area contributed by atoms with Crippen molar-refractivity contribution in [1.29, 1.82) is 0 Å². The van der Waals surface area contributed by atoms with Crippen LogP contribution in [0.15, 0.2) is 73.1 Å². The Labute approximate surface area is 219 Å². The van der Waals surface area contributed by atoms with Crippen LogP contribution in [0, 0.1) is 0 Å². The fourth-order valence-corrected chi connectivity index (χ4v) is 5.19. The fourth-order valence-electron chi connectivity index (χ4n) is 5.19. The first kappa shape index (κ1) is 25.4. The van der Waals surface area contributed by atoms with Crippen LogP contribution in [0.2, 0.25) is 0 Å². The van der Waals surface area contributed by atoms with Crippen LogP contribution < -0.4 is 10.1 Å². The Morgan fingerprint density at radius 2 is 1.70 bits per heavy atom. The quantitative estimate of drug-likeness (QED) is 0.470. The lowest BCUT2D eigenvalue weighted by atomic mass is 10.00. The van der Waals surface area contributed by atoms with Gasteiger partial charge in [-0.15, -0.1) is 0 Å². The van der Waals surface area contributed by atoms with Crippen molar-refractivity contribution in [2.75, 3.05) is 32.7 Å².